The van der Waals surface area contributed by atoms with E-state index in [1.54, 1.807) is 6.29 Å². The predicted octanol–water partition coefficient (Wildman–Crippen LogP) is 1.82. The molecule has 0 amide bonds. The summed E-state index contributed by atoms with van der Waals surface area (Å²) in [5.74, 6) is 0. The van der Waals surface area contributed by atoms with Crippen LogP contribution < -0.4 is 0 Å². The first-order valence-corrected chi connectivity index (χ1v) is 11.4. The van der Waals surface area contributed by atoms with E-state index < -0.39 is 64.0 Å². The third-order valence-electron chi connectivity index (χ3n) is 5.74. The maximum atomic E-state index is 11.4. The maximum Gasteiger partial charge on any atom is 0.245 e. The summed E-state index contributed by atoms with van der Waals surface area (Å²) in [6.07, 6.45) is 0.0444. The average Bonchev–Trinajstić information content (AvgIpc) is 2.72. The van der Waals surface area contributed by atoms with Crippen molar-refractivity contribution in [1.29, 1.82) is 0 Å². The molecule has 0 aromatic heterocycles. The fourth-order valence-corrected chi connectivity index (χ4v) is 3.72. The van der Waals surface area contributed by atoms with Crippen molar-refractivity contribution in [3.05, 3.63) is 30.3 Å². The summed E-state index contributed by atoms with van der Waals surface area (Å²) in [6.45, 7) is 2.06. The second kappa shape index (κ2) is 17.3. The summed E-state index contributed by atoms with van der Waals surface area (Å²) >= 11 is 0. The number of hydrogen-bond acceptors (Lipinski definition) is 10. The van der Waals surface area contributed by atoms with Gasteiger partial charge < -0.3 is 15.3 Å². The molecule has 0 saturated heterocycles. The lowest BCUT2D eigenvalue weighted by Crippen LogP contribution is -2.46. The van der Waals surface area contributed by atoms with E-state index in [9.17, 15) is 50.5 Å². The summed E-state index contributed by atoms with van der Waals surface area (Å²) in [5, 5.41) is 64.7. The van der Waals surface area contributed by atoms with Crippen LogP contribution in [0.15, 0.2) is 0 Å². The molecular formula is C20H36N3O10. The molecule has 0 saturated carbocycles. The summed E-state index contributed by atoms with van der Waals surface area (Å²) < 4.78 is 0. The van der Waals surface area contributed by atoms with Crippen molar-refractivity contribution < 1.29 is 34.9 Å². The van der Waals surface area contributed by atoms with Crippen LogP contribution in [-0.4, -0.2) is 72.8 Å². The van der Waals surface area contributed by atoms with Crippen LogP contribution in [0.1, 0.15) is 84.0 Å². The highest BCUT2D eigenvalue weighted by atomic mass is 16.6. The molecule has 13 heteroatoms. The van der Waals surface area contributed by atoms with Crippen molar-refractivity contribution >= 4 is 6.29 Å². The van der Waals surface area contributed by atoms with Crippen LogP contribution in [0, 0.1) is 30.3 Å². The van der Waals surface area contributed by atoms with Crippen molar-refractivity contribution in [2.24, 2.45) is 0 Å². The van der Waals surface area contributed by atoms with Gasteiger partial charge in [-0.05, 0) is 19.3 Å². The second-order valence-electron chi connectivity index (χ2n) is 8.32. The van der Waals surface area contributed by atoms with E-state index in [4.69, 9.17) is 0 Å². The minimum Gasteiger partial charge on any atom is -0.386 e. The molecule has 0 aliphatic carbocycles. The molecule has 33 heavy (non-hydrogen) atoms. The standard InChI is InChI=1S/C20H36N3O10/c1-2-3-4-5-6-7-10-15(21(28)29)19(26)14-20(27)17(23(32)33)13-16(22(30)31)18(25)11-8-9-12-24/h15-20,25-27H,2-11,13-14H2,1H3. The molecule has 3 N–H and O–H groups in total. The zero-order valence-corrected chi connectivity index (χ0v) is 19.0. The molecule has 0 heterocycles. The van der Waals surface area contributed by atoms with E-state index in [0.29, 0.717) is 6.42 Å². The van der Waals surface area contributed by atoms with Gasteiger partial charge in [-0.1, -0.05) is 39.0 Å². The number of unbranched alkanes of at least 4 members (excludes halogenated alkanes) is 6. The Hall–Kier alpha value is -2.25. The van der Waals surface area contributed by atoms with Gasteiger partial charge in [0.25, 0.3) is 0 Å². The monoisotopic (exact) mass is 478 g/mol. The average molecular weight is 479 g/mol. The van der Waals surface area contributed by atoms with Crippen LogP contribution in [-0.2, 0) is 4.79 Å². The fraction of sp³-hybridized carbons (Fsp3) is 0.950. The van der Waals surface area contributed by atoms with Gasteiger partial charge in [0.2, 0.25) is 18.1 Å². The molecule has 0 aromatic carbocycles. The highest BCUT2D eigenvalue weighted by Gasteiger charge is 2.43. The number of aliphatic hydroxyl groups is 3. The first-order chi connectivity index (χ1) is 15.6. The summed E-state index contributed by atoms with van der Waals surface area (Å²) in [5.41, 5.74) is 0. The van der Waals surface area contributed by atoms with E-state index in [1.807, 2.05) is 0 Å². The lowest BCUT2D eigenvalue weighted by atomic mass is 9.91. The van der Waals surface area contributed by atoms with Crippen molar-refractivity contribution in [2.75, 3.05) is 0 Å². The Kier molecular flexibility index (Phi) is 16.1. The Morgan fingerprint density at radius 1 is 0.667 bits per heavy atom. The Bertz CT molecular complexity index is 607. The number of rotatable bonds is 21. The van der Waals surface area contributed by atoms with Gasteiger partial charge in [0.15, 0.2) is 6.29 Å². The number of nitrogens with zero attached hydrogens (tertiary/aromatic N) is 3. The largest absolute Gasteiger partial charge is 0.386 e. The molecule has 0 rings (SSSR count). The normalized spacial score (nSPS) is 16.8. The van der Waals surface area contributed by atoms with Gasteiger partial charge >= 0.3 is 0 Å². The number of carbonyl (C=O) groups excluding carboxylic acids is 1. The van der Waals surface area contributed by atoms with Gasteiger partial charge in [0, 0.05) is 34.0 Å². The Labute approximate surface area is 192 Å². The van der Waals surface area contributed by atoms with Crippen molar-refractivity contribution in [2.45, 2.75) is 120 Å². The van der Waals surface area contributed by atoms with Crippen LogP contribution in [0.25, 0.3) is 0 Å². The summed E-state index contributed by atoms with van der Waals surface area (Å²) in [6, 6.07) is -5.12. The van der Waals surface area contributed by atoms with E-state index in [1.165, 1.54) is 0 Å². The summed E-state index contributed by atoms with van der Waals surface area (Å²) in [7, 11) is 0. The molecule has 0 aromatic rings. The second-order valence-corrected chi connectivity index (χ2v) is 8.32. The van der Waals surface area contributed by atoms with E-state index in [-0.39, 0.29) is 25.7 Å². The van der Waals surface area contributed by atoms with Crippen LogP contribution in [0.4, 0.5) is 0 Å². The molecule has 0 spiro atoms. The van der Waals surface area contributed by atoms with Crippen LogP contribution >= 0.6 is 0 Å². The van der Waals surface area contributed by atoms with Crippen LogP contribution in [0.5, 0.6) is 0 Å². The van der Waals surface area contributed by atoms with Gasteiger partial charge in [-0.25, -0.2) is 0 Å². The third kappa shape index (κ3) is 12.5. The Balaban J connectivity index is 5.05. The topological polar surface area (TPSA) is 207 Å². The van der Waals surface area contributed by atoms with Gasteiger partial charge in [0.1, 0.15) is 18.3 Å². The Morgan fingerprint density at radius 2 is 1.15 bits per heavy atom. The lowest BCUT2D eigenvalue weighted by Gasteiger charge is -2.23. The summed E-state index contributed by atoms with van der Waals surface area (Å²) in [4.78, 5) is 41.8. The van der Waals surface area contributed by atoms with Crippen molar-refractivity contribution in [1.82, 2.24) is 0 Å². The lowest BCUT2D eigenvalue weighted by molar-refractivity contribution is -0.574. The smallest absolute Gasteiger partial charge is 0.245 e. The van der Waals surface area contributed by atoms with E-state index in [2.05, 4.69) is 6.92 Å². The molecular weight excluding hydrogens is 442 g/mol. The molecule has 6 unspecified atom stereocenters. The zero-order chi connectivity index (χ0) is 25.4. The number of hydrogen-bond donors (Lipinski definition) is 3. The van der Waals surface area contributed by atoms with E-state index >= 15 is 0 Å². The van der Waals surface area contributed by atoms with Crippen molar-refractivity contribution in [3.63, 3.8) is 0 Å². The maximum absolute atomic E-state index is 11.4. The predicted molar refractivity (Wildman–Crippen MR) is 117 cm³/mol. The highest BCUT2D eigenvalue weighted by molar-refractivity contribution is 5.50. The van der Waals surface area contributed by atoms with Gasteiger partial charge in [0.05, 0.1) is 6.42 Å². The molecule has 0 aliphatic rings. The van der Waals surface area contributed by atoms with Crippen LogP contribution in [0.2, 0.25) is 0 Å². The molecule has 0 bridgehead atoms. The van der Waals surface area contributed by atoms with Crippen LogP contribution in [0.3, 0.4) is 0 Å². The minimum atomic E-state index is -1.91. The first-order valence-electron chi connectivity index (χ1n) is 11.4. The first kappa shape index (κ1) is 30.8. The number of nitro groups is 3. The van der Waals surface area contributed by atoms with Gasteiger partial charge in [-0.3, -0.25) is 35.1 Å². The molecule has 1 radical (unpaired) electrons. The third-order valence-corrected chi connectivity index (χ3v) is 5.74. The molecule has 191 valence electrons. The quantitative estimate of drug-likeness (QED) is 0.124. The zero-order valence-electron chi connectivity index (χ0n) is 19.0. The molecule has 13 nitrogen and oxygen atoms in total. The van der Waals surface area contributed by atoms with E-state index in [0.717, 1.165) is 32.1 Å². The number of aliphatic hydroxyl groups excluding tert-OH is 3. The SMILES string of the molecule is CCCCCCCCC(C(O)CC(O)C(CC(C(O)CCC[C]=O)[N+](=O)[O-])[N+](=O)[O-])[N+](=O)[O-]. The fourth-order valence-electron chi connectivity index (χ4n) is 3.72. The molecule has 6 atom stereocenters. The highest BCUT2D eigenvalue weighted by Crippen LogP contribution is 2.21. The molecule has 0 fully saturated rings. The molecule has 0 aliphatic heterocycles. The van der Waals surface area contributed by atoms with Crippen molar-refractivity contribution in [3.8, 4) is 0 Å². The Morgan fingerprint density at radius 3 is 1.67 bits per heavy atom. The van der Waals surface area contributed by atoms with Gasteiger partial charge in [-0.2, -0.15) is 0 Å². The minimum absolute atomic E-state index is 0.0418. The van der Waals surface area contributed by atoms with Gasteiger partial charge in [-0.15, -0.1) is 0 Å².